The molecule has 2 saturated heterocycles. The molecule has 2 fully saturated rings. The first kappa shape index (κ1) is 17.9. The van der Waals surface area contributed by atoms with E-state index in [1.807, 2.05) is 11.8 Å². The van der Waals surface area contributed by atoms with Crippen molar-refractivity contribution in [2.75, 3.05) is 54.0 Å². The molecule has 0 saturated carbocycles. The fraction of sp³-hybridized carbons (Fsp3) is 0.471. The number of nitrogens with two attached hydrogens (primary N) is 1. The van der Waals surface area contributed by atoms with Crippen molar-refractivity contribution in [2.45, 2.75) is 13.0 Å². The van der Waals surface area contributed by atoms with Crippen LogP contribution in [0.25, 0.3) is 0 Å². The highest BCUT2D eigenvalue weighted by Crippen LogP contribution is 2.29. The highest BCUT2D eigenvalue weighted by molar-refractivity contribution is 7.15. The second-order valence-electron chi connectivity index (χ2n) is 6.57. The summed E-state index contributed by atoms with van der Waals surface area (Å²) in [5.74, 6) is -0.350. The van der Waals surface area contributed by atoms with Crippen LogP contribution in [0.3, 0.4) is 0 Å². The van der Waals surface area contributed by atoms with E-state index in [0.29, 0.717) is 31.0 Å². The van der Waals surface area contributed by atoms with Gasteiger partial charge >= 0.3 is 6.09 Å². The summed E-state index contributed by atoms with van der Waals surface area (Å²) in [6.45, 7) is 5.42. The van der Waals surface area contributed by atoms with E-state index < -0.39 is 6.09 Å². The Labute approximate surface area is 160 Å². The summed E-state index contributed by atoms with van der Waals surface area (Å²) < 4.78 is 19.9. The van der Waals surface area contributed by atoms with E-state index in [9.17, 15) is 9.18 Å². The van der Waals surface area contributed by atoms with Crippen molar-refractivity contribution in [3.63, 3.8) is 0 Å². The summed E-state index contributed by atoms with van der Waals surface area (Å²) in [5.41, 5.74) is 6.57. The maximum absolute atomic E-state index is 14.7. The number of aromatic nitrogens is 2. The third-order valence-corrected chi connectivity index (χ3v) is 5.69. The van der Waals surface area contributed by atoms with Gasteiger partial charge in [0.25, 0.3) is 0 Å². The van der Waals surface area contributed by atoms with Crippen LogP contribution >= 0.6 is 11.3 Å². The van der Waals surface area contributed by atoms with Gasteiger partial charge in [-0.3, -0.25) is 4.90 Å². The Kier molecular flexibility index (Phi) is 4.83. The van der Waals surface area contributed by atoms with E-state index >= 15 is 0 Å². The molecule has 0 aliphatic carbocycles. The fourth-order valence-electron chi connectivity index (χ4n) is 3.33. The molecule has 1 aromatic heterocycles. The first-order valence-electron chi connectivity index (χ1n) is 8.83. The minimum absolute atomic E-state index is 0.251. The van der Waals surface area contributed by atoms with Gasteiger partial charge < -0.3 is 20.3 Å². The van der Waals surface area contributed by atoms with E-state index in [2.05, 4.69) is 15.1 Å². The van der Waals surface area contributed by atoms with Crippen LogP contribution < -0.4 is 20.4 Å². The van der Waals surface area contributed by atoms with Crippen molar-refractivity contribution in [3.8, 4) is 0 Å². The Balaban J connectivity index is 1.44. The summed E-state index contributed by atoms with van der Waals surface area (Å²) in [6, 6.07) is 4.85. The van der Waals surface area contributed by atoms with Crippen molar-refractivity contribution in [1.29, 1.82) is 0 Å². The number of nitrogens with zero attached hydrogens (tertiary/aromatic N) is 5. The summed E-state index contributed by atoms with van der Waals surface area (Å²) in [5, 5.41) is 10.1. The van der Waals surface area contributed by atoms with Gasteiger partial charge in [-0.2, -0.15) is 0 Å². The highest BCUT2D eigenvalue weighted by Gasteiger charge is 2.32. The van der Waals surface area contributed by atoms with Crippen LogP contribution in [0.1, 0.15) is 5.01 Å². The van der Waals surface area contributed by atoms with Crippen LogP contribution in [0.15, 0.2) is 18.2 Å². The third kappa shape index (κ3) is 3.54. The second kappa shape index (κ2) is 7.28. The van der Waals surface area contributed by atoms with Gasteiger partial charge in [-0.25, -0.2) is 9.18 Å². The lowest BCUT2D eigenvalue weighted by molar-refractivity contribution is 0.145. The molecular weight excluding hydrogens is 371 g/mol. The molecular formula is C17H21FN6O2S. The normalized spacial score (nSPS) is 20.3. The Morgan fingerprint density at radius 3 is 2.59 bits per heavy atom. The van der Waals surface area contributed by atoms with Crippen molar-refractivity contribution < 1.29 is 13.9 Å². The van der Waals surface area contributed by atoms with E-state index in [-0.39, 0.29) is 18.5 Å². The number of amides is 1. The molecule has 0 spiro atoms. The molecule has 4 rings (SSSR count). The van der Waals surface area contributed by atoms with Gasteiger partial charge in [0, 0.05) is 32.7 Å². The van der Waals surface area contributed by atoms with Crippen molar-refractivity contribution >= 4 is 33.9 Å². The Bertz CT molecular complexity index is 839. The SMILES string of the molecule is Cc1nnc(N2CCN(c3ccc(N4CC(CN)OC4=O)cc3F)CC2)s1. The Morgan fingerprint density at radius 2 is 2.00 bits per heavy atom. The van der Waals surface area contributed by atoms with Crippen LogP contribution in [0.2, 0.25) is 0 Å². The summed E-state index contributed by atoms with van der Waals surface area (Å²) in [7, 11) is 0. The number of anilines is 3. The maximum Gasteiger partial charge on any atom is 0.414 e. The number of aryl methyl sites for hydroxylation is 1. The number of cyclic esters (lactones) is 1. The number of carbonyl (C=O) groups is 1. The maximum atomic E-state index is 14.7. The predicted molar refractivity (Wildman–Crippen MR) is 102 cm³/mol. The Hall–Kier alpha value is -2.46. The van der Waals surface area contributed by atoms with Crippen LogP contribution in [0.4, 0.5) is 25.7 Å². The highest BCUT2D eigenvalue weighted by atomic mass is 32.1. The molecule has 2 aliphatic heterocycles. The topological polar surface area (TPSA) is 87.8 Å². The molecule has 1 aromatic carbocycles. The zero-order chi connectivity index (χ0) is 19.0. The number of benzene rings is 1. The first-order chi connectivity index (χ1) is 13.0. The lowest BCUT2D eigenvalue weighted by Gasteiger charge is -2.36. The van der Waals surface area contributed by atoms with Crippen molar-refractivity contribution in [2.24, 2.45) is 5.73 Å². The molecule has 2 aromatic rings. The Morgan fingerprint density at radius 1 is 1.26 bits per heavy atom. The van der Waals surface area contributed by atoms with Crippen molar-refractivity contribution in [1.82, 2.24) is 10.2 Å². The molecule has 2 N–H and O–H groups in total. The van der Waals surface area contributed by atoms with Crippen molar-refractivity contribution in [3.05, 3.63) is 29.0 Å². The standard InChI is InChI=1S/C17H21FN6O2S/c1-11-20-21-16(27-11)23-6-4-22(5-7-23)15-3-2-12(8-14(15)18)24-10-13(9-19)26-17(24)25/h2-3,8,13H,4-7,9-10,19H2,1H3. The molecule has 1 atom stereocenters. The minimum Gasteiger partial charge on any atom is -0.443 e. The van der Waals surface area contributed by atoms with Gasteiger partial charge in [-0.15, -0.1) is 10.2 Å². The van der Waals surface area contributed by atoms with E-state index in [0.717, 1.165) is 23.2 Å². The summed E-state index contributed by atoms with van der Waals surface area (Å²) >= 11 is 1.57. The largest absolute Gasteiger partial charge is 0.443 e. The van der Waals surface area contributed by atoms with Gasteiger partial charge in [0.1, 0.15) is 16.9 Å². The van der Waals surface area contributed by atoms with Gasteiger partial charge in [-0.1, -0.05) is 11.3 Å². The number of piperazine rings is 1. The lowest BCUT2D eigenvalue weighted by Crippen LogP contribution is -2.46. The van der Waals surface area contributed by atoms with Gasteiger partial charge in [0.15, 0.2) is 0 Å². The number of ether oxygens (including phenoxy) is 1. The molecule has 144 valence electrons. The number of carbonyl (C=O) groups excluding carboxylic acids is 1. The van der Waals surface area contributed by atoms with Crippen LogP contribution in [0, 0.1) is 12.7 Å². The van der Waals surface area contributed by atoms with E-state index in [1.54, 1.807) is 23.5 Å². The lowest BCUT2D eigenvalue weighted by atomic mass is 10.2. The minimum atomic E-state index is -0.487. The predicted octanol–water partition coefficient (Wildman–Crippen LogP) is 1.60. The molecule has 27 heavy (non-hydrogen) atoms. The number of rotatable bonds is 4. The summed E-state index contributed by atoms with van der Waals surface area (Å²) in [4.78, 5) is 17.5. The second-order valence-corrected chi connectivity index (χ2v) is 7.73. The monoisotopic (exact) mass is 392 g/mol. The number of hydrogen-bond donors (Lipinski definition) is 1. The summed E-state index contributed by atoms with van der Waals surface area (Å²) in [6.07, 6.45) is -0.837. The number of halogens is 1. The molecule has 1 unspecified atom stereocenters. The first-order valence-corrected chi connectivity index (χ1v) is 9.64. The fourth-order valence-corrected chi connectivity index (χ4v) is 4.07. The molecule has 1 amide bonds. The molecule has 8 nitrogen and oxygen atoms in total. The third-order valence-electron chi connectivity index (χ3n) is 4.79. The zero-order valence-corrected chi connectivity index (χ0v) is 15.8. The number of hydrogen-bond acceptors (Lipinski definition) is 8. The average Bonchev–Trinajstić information content (AvgIpc) is 3.27. The molecule has 3 heterocycles. The van der Waals surface area contributed by atoms with E-state index in [4.69, 9.17) is 10.5 Å². The van der Waals surface area contributed by atoms with Gasteiger partial charge in [0.2, 0.25) is 5.13 Å². The van der Waals surface area contributed by atoms with Gasteiger partial charge in [-0.05, 0) is 25.1 Å². The molecule has 2 aliphatic rings. The van der Waals surface area contributed by atoms with Crippen LogP contribution in [-0.4, -0.2) is 61.7 Å². The quantitative estimate of drug-likeness (QED) is 0.845. The van der Waals surface area contributed by atoms with Crippen LogP contribution in [0.5, 0.6) is 0 Å². The van der Waals surface area contributed by atoms with Crippen LogP contribution in [-0.2, 0) is 4.74 Å². The van der Waals surface area contributed by atoms with E-state index in [1.165, 1.54) is 11.0 Å². The molecule has 0 radical (unpaired) electrons. The zero-order valence-electron chi connectivity index (χ0n) is 15.0. The van der Waals surface area contributed by atoms with Gasteiger partial charge in [0.05, 0.1) is 17.9 Å². The average molecular weight is 392 g/mol. The smallest absolute Gasteiger partial charge is 0.414 e. The molecule has 10 heteroatoms. The molecule has 0 bridgehead atoms.